The van der Waals surface area contributed by atoms with E-state index in [1.807, 2.05) is 6.92 Å². The van der Waals surface area contributed by atoms with E-state index in [4.69, 9.17) is 10.2 Å². The van der Waals surface area contributed by atoms with Crippen LogP contribution in [0.3, 0.4) is 0 Å². The van der Waals surface area contributed by atoms with Crippen LogP contribution >= 0.6 is 0 Å². The minimum absolute atomic E-state index is 0.0114. The molecule has 2 N–H and O–H groups in total. The average molecular weight is 275 g/mol. The second-order valence-electron chi connectivity index (χ2n) is 4.63. The number of aliphatic hydroxyl groups excluding tert-OH is 1. The summed E-state index contributed by atoms with van der Waals surface area (Å²) in [6.45, 7) is 2.36. The van der Waals surface area contributed by atoms with E-state index >= 15 is 0 Å². The van der Waals surface area contributed by atoms with Gasteiger partial charge in [0, 0.05) is 19.2 Å². The molecule has 0 unspecified atom stereocenters. The van der Waals surface area contributed by atoms with E-state index in [9.17, 15) is 9.59 Å². The van der Waals surface area contributed by atoms with Gasteiger partial charge in [0.15, 0.2) is 0 Å². The van der Waals surface area contributed by atoms with Gasteiger partial charge in [0.2, 0.25) is 0 Å². The molecular formula is C15H17NO4. The third-order valence-corrected chi connectivity index (χ3v) is 3.33. The molecule has 0 bridgehead atoms. The second-order valence-corrected chi connectivity index (χ2v) is 4.63. The quantitative estimate of drug-likeness (QED) is 0.869. The summed E-state index contributed by atoms with van der Waals surface area (Å²) < 4.78 is 1.61. The first-order valence-electron chi connectivity index (χ1n) is 6.59. The molecule has 1 aromatic heterocycles. The average Bonchev–Trinajstić information content (AvgIpc) is 2.45. The zero-order valence-corrected chi connectivity index (χ0v) is 11.3. The lowest BCUT2D eigenvalue weighted by molar-refractivity contribution is 0.0697. The number of carbonyl (C=O) groups is 1. The molecule has 0 spiro atoms. The first-order chi connectivity index (χ1) is 9.58. The van der Waals surface area contributed by atoms with Crippen LogP contribution in [0, 0.1) is 0 Å². The number of hydrogen-bond acceptors (Lipinski definition) is 3. The molecule has 20 heavy (non-hydrogen) atoms. The number of aromatic nitrogens is 1. The topological polar surface area (TPSA) is 79.5 Å². The third kappa shape index (κ3) is 2.58. The SMILES string of the molecule is CCc1cc(C(=O)O)cc2ccc(=O)n(CCCO)c12. The first-order valence-corrected chi connectivity index (χ1v) is 6.59. The number of benzene rings is 1. The van der Waals surface area contributed by atoms with Crippen molar-refractivity contribution in [1.29, 1.82) is 0 Å². The number of pyridine rings is 1. The van der Waals surface area contributed by atoms with E-state index in [-0.39, 0.29) is 17.7 Å². The molecule has 0 amide bonds. The van der Waals surface area contributed by atoms with E-state index in [2.05, 4.69) is 0 Å². The van der Waals surface area contributed by atoms with Crippen LogP contribution in [-0.2, 0) is 13.0 Å². The summed E-state index contributed by atoms with van der Waals surface area (Å²) in [5.41, 5.74) is 1.68. The summed E-state index contributed by atoms with van der Waals surface area (Å²) >= 11 is 0. The van der Waals surface area contributed by atoms with Gasteiger partial charge in [-0.2, -0.15) is 0 Å². The Morgan fingerprint density at radius 2 is 2.05 bits per heavy atom. The Bertz CT molecular complexity index is 703. The van der Waals surface area contributed by atoms with Crippen molar-refractivity contribution < 1.29 is 15.0 Å². The fourth-order valence-corrected chi connectivity index (χ4v) is 2.38. The molecule has 2 aromatic rings. The maximum Gasteiger partial charge on any atom is 0.335 e. The minimum Gasteiger partial charge on any atom is -0.478 e. The summed E-state index contributed by atoms with van der Waals surface area (Å²) in [5, 5.41) is 18.8. The maximum absolute atomic E-state index is 12.0. The Labute approximate surface area is 116 Å². The summed E-state index contributed by atoms with van der Waals surface area (Å²) in [6.07, 6.45) is 1.13. The van der Waals surface area contributed by atoms with Crippen LogP contribution in [0.1, 0.15) is 29.3 Å². The summed E-state index contributed by atoms with van der Waals surface area (Å²) in [5.74, 6) is -0.977. The van der Waals surface area contributed by atoms with E-state index in [1.165, 1.54) is 6.07 Å². The van der Waals surface area contributed by atoms with Crippen molar-refractivity contribution in [3.05, 3.63) is 45.7 Å². The summed E-state index contributed by atoms with van der Waals surface area (Å²) in [6, 6.07) is 6.27. The van der Waals surface area contributed by atoms with Crippen LogP contribution in [0.25, 0.3) is 10.9 Å². The lowest BCUT2D eigenvalue weighted by atomic mass is 10.0. The number of fused-ring (bicyclic) bond motifs is 1. The molecule has 0 atom stereocenters. The van der Waals surface area contributed by atoms with Gasteiger partial charge in [0.1, 0.15) is 0 Å². The molecule has 0 saturated heterocycles. The number of aryl methyl sites for hydroxylation is 2. The van der Waals surface area contributed by atoms with Crippen molar-refractivity contribution in [2.45, 2.75) is 26.3 Å². The molecule has 0 aliphatic heterocycles. The number of rotatable bonds is 5. The molecule has 2 rings (SSSR count). The molecular weight excluding hydrogens is 258 g/mol. The van der Waals surface area contributed by atoms with Crippen LogP contribution in [0.4, 0.5) is 0 Å². The van der Waals surface area contributed by atoms with E-state index in [0.29, 0.717) is 19.4 Å². The summed E-state index contributed by atoms with van der Waals surface area (Å²) in [7, 11) is 0. The highest BCUT2D eigenvalue weighted by Crippen LogP contribution is 2.21. The van der Waals surface area contributed by atoms with E-state index < -0.39 is 5.97 Å². The van der Waals surface area contributed by atoms with Gasteiger partial charge in [-0.3, -0.25) is 4.79 Å². The molecule has 5 heteroatoms. The highest BCUT2D eigenvalue weighted by Gasteiger charge is 2.12. The molecule has 0 radical (unpaired) electrons. The number of aliphatic hydroxyl groups is 1. The minimum atomic E-state index is -0.977. The third-order valence-electron chi connectivity index (χ3n) is 3.33. The van der Waals surface area contributed by atoms with Crippen molar-refractivity contribution in [3.8, 4) is 0 Å². The van der Waals surface area contributed by atoms with Gasteiger partial charge in [0.25, 0.3) is 5.56 Å². The number of hydrogen-bond donors (Lipinski definition) is 2. The Morgan fingerprint density at radius 3 is 2.65 bits per heavy atom. The zero-order chi connectivity index (χ0) is 14.7. The second kappa shape index (κ2) is 5.88. The van der Waals surface area contributed by atoms with Crippen molar-refractivity contribution >= 4 is 16.9 Å². The number of carboxylic acid groups (broad SMARTS) is 1. The number of nitrogens with zero attached hydrogens (tertiary/aromatic N) is 1. The van der Waals surface area contributed by atoms with Crippen molar-refractivity contribution in [2.24, 2.45) is 0 Å². The van der Waals surface area contributed by atoms with Gasteiger partial charge >= 0.3 is 5.97 Å². The van der Waals surface area contributed by atoms with Crippen LogP contribution < -0.4 is 5.56 Å². The van der Waals surface area contributed by atoms with Crippen LogP contribution in [0.2, 0.25) is 0 Å². The normalized spacial score (nSPS) is 10.9. The summed E-state index contributed by atoms with van der Waals surface area (Å²) in [4.78, 5) is 23.1. The predicted octanol–water partition coefficient (Wildman–Crippen LogP) is 1.64. The Hall–Kier alpha value is -2.14. The zero-order valence-electron chi connectivity index (χ0n) is 11.3. The van der Waals surface area contributed by atoms with Gasteiger partial charge < -0.3 is 14.8 Å². The monoisotopic (exact) mass is 275 g/mol. The Kier molecular flexibility index (Phi) is 4.20. The maximum atomic E-state index is 12.0. The predicted molar refractivity (Wildman–Crippen MR) is 76.2 cm³/mol. The van der Waals surface area contributed by atoms with Crippen LogP contribution in [0.5, 0.6) is 0 Å². The largest absolute Gasteiger partial charge is 0.478 e. The fourth-order valence-electron chi connectivity index (χ4n) is 2.38. The highest BCUT2D eigenvalue weighted by molar-refractivity contribution is 5.94. The van der Waals surface area contributed by atoms with Gasteiger partial charge in [0.05, 0.1) is 11.1 Å². The van der Waals surface area contributed by atoms with Crippen molar-refractivity contribution in [3.63, 3.8) is 0 Å². The number of carboxylic acids is 1. The van der Waals surface area contributed by atoms with Gasteiger partial charge in [-0.1, -0.05) is 6.92 Å². The lowest BCUT2D eigenvalue weighted by Crippen LogP contribution is -2.21. The molecule has 106 valence electrons. The van der Waals surface area contributed by atoms with Crippen LogP contribution in [-0.4, -0.2) is 27.4 Å². The Morgan fingerprint density at radius 1 is 1.30 bits per heavy atom. The molecule has 0 aliphatic carbocycles. The first kappa shape index (κ1) is 14.3. The standard InChI is InChI=1S/C15H17NO4/c1-2-10-8-12(15(19)20)9-11-4-5-13(18)16(14(10)11)6-3-7-17/h4-5,8-9,17H,2-3,6-7H2,1H3,(H,19,20). The van der Waals surface area contributed by atoms with Gasteiger partial charge in [-0.05, 0) is 42.0 Å². The molecule has 0 saturated carbocycles. The van der Waals surface area contributed by atoms with Crippen molar-refractivity contribution in [1.82, 2.24) is 4.57 Å². The van der Waals surface area contributed by atoms with Crippen LogP contribution in [0.15, 0.2) is 29.1 Å². The lowest BCUT2D eigenvalue weighted by Gasteiger charge is -2.14. The fraction of sp³-hybridized carbons (Fsp3) is 0.333. The Balaban J connectivity index is 2.75. The van der Waals surface area contributed by atoms with E-state index in [1.54, 1.807) is 22.8 Å². The number of aromatic carboxylic acids is 1. The molecule has 1 heterocycles. The molecule has 0 aliphatic rings. The molecule has 1 aromatic carbocycles. The van der Waals surface area contributed by atoms with E-state index in [0.717, 1.165) is 16.5 Å². The van der Waals surface area contributed by atoms with Gasteiger partial charge in [-0.15, -0.1) is 0 Å². The smallest absolute Gasteiger partial charge is 0.335 e. The molecule has 5 nitrogen and oxygen atoms in total. The van der Waals surface area contributed by atoms with Crippen molar-refractivity contribution in [2.75, 3.05) is 6.61 Å². The highest BCUT2D eigenvalue weighted by atomic mass is 16.4. The molecule has 0 fully saturated rings. The van der Waals surface area contributed by atoms with Gasteiger partial charge in [-0.25, -0.2) is 4.79 Å².